The van der Waals surface area contributed by atoms with Crippen LogP contribution >= 0.6 is 0 Å². The van der Waals surface area contributed by atoms with Gasteiger partial charge < -0.3 is 15.4 Å². The van der Waals surface area contributed by atoms with E-state index in [0.717, 1.165) is 44.3 Å². The van der Waals surface area contributed by atoms with E-state index in [1.54, 1.807) is 0 Å². The molecule has 2 N–H and O–H groups in total. The molecule has 0 amide bonds. The second-order valence-electron chi connectivity index (χ2n) is 7.01. The van der Waals surface area contributed by atoms with Crippen LogP contribution in [0.15, 0.2) is 24.3 Å². The van der Waals surface area contributed by atoms with Crippen molar-refractivity contribution in [3.63, 3.8) is 0 Å². The summed E-state index contributed by atoms with van der Waals surface area (Å²) in [7, 11) is 4.19. The highest BCUT2D eigenvalue weighted by atomic mass is 16.5. The van der Waals surface area contributed by atoms with Gasteiger partial charge in [0.2, 0.25) is 0 Å². The number of ether oxygens (including phenoxy) is 1. The maximum absolute atomic E-state index is 6.13. The zero-order chi connectivity index (χ0) is 16.7. The normalized spacial score (nSPS) is 18.3. The molecule has 0 spiro atoms. The average Bonchev–Trinajstić information content (AvgIpc) is 2.55. The summed E-state index contributed by atoms with van der Waals surface area (Å²) in [5.74, 6) is 1.84. The molecule has 1 atom stereocenters. The van der Waals surface area contributed by atoms with Crippen molar-refractivity contribution >= 4 is 0 Å². The van der Waals surface area contributed by atoms with Crippen molar-refractivity contribution in [2.45, 2.75) is 32.2 Å². The van der Waals surface area contributed by atoms with Crippen LogP contribution in [0.5, 0.6) is 5.75 Å². The van der Waals surface area contributed by atoms with E-state index in [1.165, 1.54) is 18.4 Å². The first kappa shape index (κ1) is 18.2. The Morgan fingerprint density at radius 1 is 1.26 bits per heavy atom. The molecule has 1 aromatic rings. The molecule has 23 heavy (non-hydrogen) atoms. The number of hydrogen-bond acceptors (Lipinski definition) is 4. The van der Waals surface area contributed by atoms with Crippen LogP contribution in [0.1, 0.15) is 37.8 Å². The first-order valence-electron chi connectivity index (χ1n) is 8.92. The lowest BCUT2D eigenvalue weighted by Crippen LogP contribution is -2.39. The molecule has 1 aliphatic rings. The van der Waals surface area contributed by atoms with Gasteiger partial charge in [0, 0.05) is 18.7 Å². The summed E-state index contributed by atoms with van der Waals surface area (Å²) in [6, 6.07) is 8.68. The van der Waals surface area contributed by atoms with Crippen LogP contribution in [0.4, 0.5) is 0 Å². The number of hydrogen-bond donors (Lipinski definition) is 1. The van der Waals surface area contributed by atoms with E-state index in [9.17, 15) is 0 Å². The van der Waals surface area contributed by atoms with E-state index < -0.39 is 0 Å². The van der Waals surface area contributed by atoms with Crippen molar-refractivity contribution in [3.05, 3.63) is 29.8 Å². The number of benzene rings is 1. The number of rotatable bonds is 8. The van der Waals surface area contributed by atoms with E-state index in [1.807, 2.05) is 0 Å². The highest BCUT2D eigenvalue weighted by molar-refractivity contribution is 5.36. The fourth-order valence-corrected chi connectivity index (χ4v) is 3.26. The zero-order valence-corrected chi connectivity index (χ0v) is 15.0. The lowest BCUT2D eigenvalue weighted by Gasteiger charge is -2.37. The molecule has 1 aliphatic heterocycles. The minimum Gasteiger partial charge on any atom is -0.493 e. The SMILES string of the molecule is CC1CCN(C(CN)c2ccccc2OCCCN(C)C)CC1. The monoisotopic (exact) mass is 319 g/mol. The van der Waals surface area contributed by atoms with Crippen molar-refractivity contribution in [1.29, 1.82) is 0 Å². The van der Waals surface area contributed by atoms with Crippen molar-refractivity contribution in [3.8, 4) is 5.75 Å². The predicted molar refractivity (Wildman–Crippen MR) is 96.9 cm³/mol. The second kappa shape index (κ2) is 9.26. The van der Waals surface area contributed by atoms with Gasteiger partial charge in [0.1, 0.15) is 5.75 Å². The third kappa shape index (κ3) is 5.48. The minimum atomic E-state index is 0.271. The molecule has 1 fully saturated rings. The Hall–Kier alpha value is -1.10. The van der Waals surface area contributed by atoms with E-state index in [0.29, 0.717) is 6.54 Å². The third-order valence-electron chi connectivity index (χ3n) is 4.77. The highest BCUT2D eigenvalue weighted by Crippen LogP contribution is 2.31. The van der Waals surface area contributed by atoms with Gasteiger partial charge in [-0.15, -0.1) is 0 Å². The highest BCUT2D eigenvalue weighted by Gasteiger charge is 2.25. The van der Waals surface area contributed by atoms with Crippen molar-refractivity contribution in [1.82, 2.24) is 9.80 Å². The maximum Gasteiger partial charge on any atom is 0.124 e. The molecule has 0 saturated carbocycles. The van der Waals surface area contributed by atoms with E-state index >= 15 is 0 Å². The van der Waals surface area contributed by atoms with Crippen molar-refractivity contribution < 1.29 is 4.74 Å². The summed E-state index contributed by atoms with van der Waals surface area (Å²) in [4.78, 5) is 4.72. The first-order valence-corrected chi connectivity index (χ1v) is 8.92. The maximum atomic E-state index is 6.13. The smallest absolute Gasteiger partial charge is 0.124 e. The van der Waals surface area contributed by atoms with Crippen LogP contribution in [-0.2, 0) is 0 Å². The molecule has 1 unspecified atom stereocenters. The van der Waals surface area contributed by atoms with Crippen LogP contribution < -0.4 is 10.5 Å². The fourth-order valence-electron chi connectivity index (χ4n) is 3.26. The third-order valence-corrected chi connectivity index (χ3v) is 4.77. The number of piperidine rings is 1. The molecular weight excluding hydrogens is 286 g/mol. The molecule has 0 aliphatic carbocycles. The van der Waals surface area contributed by atoms with Gasteiger partial charge in [0.05, 0.1) is 12.6 Å². The topological polar surface area (TPSA) is 41.7 Å². The second-order valence-corrected chi connectivity index (χ2v) is 7.01. The molecule has 0 radical (unpaired) electrons. The van der Waals surface area contributed by atoms with Crippen LogP contribution in [0.3, 0.4) is 0 Å². The molecule has 130 valence electrons. The largest absolute Gasteiger partial charge is 0.493 e. The number of nitrogens with zero attached hydrogens (tertiary/aromatic N) is 2. The Morgan fingerprint density at radius 2 is 1.96 bits per heavy atom. The Bertz CT molecular complexity index is 456. The van der Waals surface area contributed by atoms with Gasteiger partial charge in [0.15, 0.2) is 0 Å². The van der Waals surface area contributed by atoms with E-state index in [4.69, 9.17) is 10.5 Å². The molecule has 1 heterocycles. The molecule has 1 saturated heterocycles. The first-order chi connectivity index (χ1) is 11.1. The lowest BCUT2D eigenvalue weighted by atomic mass is 9.95. The molecule has 0 bridgehead atoms. The Morgan fingerprint density at radius 3 is 2.61 bits per heavy atom. The summed E-state index contributed by atoms with van der Waals surface area (Å²) in [6.45, 7) is 7.06. The molecule has 2 rings (SSSR count). The van der Waals surface area contributed by atoms with Crippen LogP contribution in [0.25, 0.3) is 0 Å². The van der Waals surface area contributed by atoms with Gasteiger partial charge in [0.25, 0.3) is 0 Å². The van der Waals surface area contributed by atoms with E-state index in [2.05, 4.69) is 55.1 Å². The summed E-state index contributed by atoms with van der Waals surface area (Å²) >= 11 is 0. The van der Waals surface area contributed by atoms with Crippen LogP contribution in [-0.4, -0.2) is 56.7 Å². The van der Waals surface area contributed by atoms with Crippen molar-refractivity contribution in [2.24, 2.45) is 11.7 Å². The quantitative estimate of drug-likeness (QED) is 0.748. The predicted octanol–water partition coefficient (Wildman–Crippen LogP) is 2.75. The summed E-state index contributed by atoms with van der Waals surface area (Å²) in [6.07, 6.45) is 3.57. The van der Waals surface area contributed by atoms with Crippen molar-refractivity contribution in [2.75, 3.05) is 46.9 Å². The number of nitrogens with two attached hydrogens (primary N) is 1. The van der Waals surface area contributed by atoms with Gasteiger partial charge in [-0.05, 0) is 58.4 Å². The van der Waals surface area contributed by atoms with Crippen LogP contribution in [0, 0.1) is 5.92 Å². The Labute approximate surface area is 141 Å². The summed E-state index contributed by atoms with van der Waals surface area (Å²) < 4.78 is 6.07. The van der Waals surface area contributed by atoms with Gasteiger partial charge in [-0.25, -0.2) is 0 Å². The summed E-state index contributed by atoms with van der Waals surface area (Å²) in [5, 5.41) is 0. The van der Waals surface area contributed by atoms with E-state index in [-0.39, 0.29) is 6.04 Å². The standard InChI is InChI=1S/C19H33N3O/c1-16-9-12-22(13-10-16)18(15-20)17-7-4-5-8-19(17)23-14-6-11-21(2)3/h4-5,7-8,16,18H,6,9-15,20H2,1-3H3. The number of para-hydroxylation sites is 1. The van der Waals surface area contributed by atoms with Gasteiger partial charge in [-0.2, -0.15) is 0 Å². The van der Waals surface area contributed by atoms with Gasteiger partial charge >= 0.3 is 0 Å². The Kier molecular flexibility index (Phi) is 7.34. The fraction of sp³-hybridized carbons (Fsp3) is 0.684. The molecular formula is C19H33N3O. The van der Waals surface area contributed by atoms with Crippen LogP contribution in [0.2, 0.25) is 0 Å². The lowest BCUT2D eigenvalue weighted by molar-refractivity contribution is 0.138. The number of likely N-dealkylation sites (tertiary alicyclic amines) is 1. The molecule has 1 aromatic carbocycles. The average molecular weight is 319 g/mol. The summed E-state index contributed by atoms with van der Waals surface area (Å²) in [5.41, 5.74) is 7.37. The minimum absolute atomic E-state index is 0.271. The molecule has 0 aromatic heterocycles. The molecule has 4 heteroatoms. The molecule has 4 nitrogen and oxygen atoms in total. The van der Waals surface area contributed by atoms with Gasteiger partial charge in [-0.3, -0.25) is 4.90 Å². The van der Waals surface area contributed by atoms with Gasteiger partial charge in [-0.1, -0.05) is 25.1 Å². The Balaban J connectivity index is 2.01. The zero-order valence-electron chi connectivity index (χ0n) is 15.0.